The zero-order chi connectivity index (χ0) is 18.6. The van der Waals surface area contributed by atoms with E-state index in [4.69, 9.17) is 0 Å². The maximum Gasteiger partial charge on any atom is 0.261 e. The van der Waals surface area contributed by atoms with Gasteiger partial charge in [0, 0.05) is 24.0 Å². The Morgan fingerprint density at radius 3 is 2.88 bits per heavy atom. The normalized spacial score (nSPS) is 16.9. The molecule has 1 aromatic carbocycles. The molecule has 0 saturated carbocycles. The number of amides is 1. The molecular formula is C18H23N3O3S2. The van der Waals surface area contributed by atoms with E-state index in [9.17, 15) is 13.2 Å². The molecule has 2 aromatic rings. The Balaban J connectivity index is 1.53. The van der Waals surface area contributed by atoms with Gasteiger partial charge in [-0.1, -0.05) is 24.3 Å². The second-order valence-corrected chi connectivity index (χ2v) is 9.35. The van der Waals surface area contributed by atoms with Gasteiger partial charge < -0.3 is 10.6 Å². The number of carbonyl (C=O) groups excluding carboxylic acids is 1. The molecule has 2 heterocycles. The minimum absolute atomic E-state index is 0.0952. The van der Waals surface area contributed by atoms with Gasteiger partial charge in [0.15, 0.2) is 0 Å². The number of benzene rings is 1. The fraction of sp³-hybridized carbons (Fsp3) is 0.389. The van der Waals surface area contributed by atoms with Crippen LogP contribution in [0.4, 0.5) is 0 Å². The molecule has 3 rings (SSSR count). The van der Waals surface area contributed by atoms with Crippen molar-refractivity contribution < 1.29 is 13.2 Å². The minimum atomic E-state index is -3.18. The molecule has 26 heavy (non-hydrogen) atoms. The van der Waals surface area contributed by atoms with Crippen molar-refractivity contribution >= 4 is 27.3 Å². The first-order valence-corrected chi connectivity index (χ1v) is 11.3. The van der Waals surface area contributed by atoms with Crippen LogP contribution in [0.15, 0.2) is 36.4 Å². The molecule has 1 aliphatic rings. The number of fused-ring (bicyclic) bond motifs is 1. The first-order chi connectivity index (χ1) is 12.4. The van der Waals surface area contributed by atoms with Crippen molar-refractivity contribution in [3.63, 3.8) is 0 Å². The van der Waals surface area contributed by atoms with Crippen LogP contribution in [0, 0.1) is 0 Å². The Morgan fingerprint density at radius 2 is 2.08 bits per heavy atom. The van der Waals surface area contributed by atoms with E-state index in [0.29, 0.717) is 24.4 Å². The summed E-state index contributed by atoms with van der Waals surface area (Å²) in [6, 6.07) is 12.1. The summed E-state index contributed by atoms with van der Waals surface area (Å²) in [5.41, 5.74) is 2.58. The highest BCUT2D eigenvalue weighted by Crippen LogP contribution is 2.22. The van der Waals surface area contributed by atoms with E-state index < -0.39 is 10.0 Å². The molecule has 8 heteroatoms. The molecule has 1 aromatic heterocycles. The molecule has 0 aliphatic carbocycles. The highest BCUT2D eigenvalue weighted by atomic mass is 32.2. The average molecular weight is 394 g/mol. The number of nitrogens with one attached hydrogen (secondary N) is 3. The molecule has 0 radical (unpaired) electrons. The third-order valence-electron chi connectivity index (χ3n) is 4.30. The van der Waals surface area contributed by atoms with Crippen molar-refractivity contribution in [1.82, 2.24) is 15.4 Å². The maximum absolute atomic E-state index is 12.4. The Kier molecular flexibility index (Phi) is 6.08. The van der Waals surface area contributed by atoms with Crippen LogP contribution in [0.2, 0.25) is 0 Å². The van der Waals surface area contributed by atoms with Gasteiger partial charge in [0.25, 0.3) is 5.91 Å². The number of thiophene rings is 1. The third kappa shape index (κ3) is 5.14. The van der Waals surface area contributed by atoms with Gasteiger partial charge >= 0.3 is 0 Å². The van der Waals surface area contributed by atoms with Crippen LogP contribution in [0.1, 0.15) is 31.7 Å². The standard InChI is InChI=1S/C18H23N3O3S2/c1-26(23,24)21-11-9-14-6-7-17(25-14)18(22)20-12-16-15-5-3-2-4-13(15)8-10-19-16/h2-7,16,19,21H,8-12H2,1H3,(H,20,22). The Hall–Kier alpha value is -1.74. The number of hydrogen-bond acceptors (Lipinski definition) is 5. The zero-order valence-electron chi connectivity index (χ0n) is 14.6. The lowest BCUT2D eigenvalue weighted by Crippen LogP contribution is -2.38. The van der Waals surface area contributed by atoms with E-state index >= 15 is 0 Å². The quantitative estimate of drug-likeness (QED) is 0.665. The first kappa shape index (κ1) is 19.0. The van der Waals surface area contributed by atoms with E-state index in [-0.39, 0.29) is 11.9 Å². The fourth-order valence-corrected chi connectivity index (χ4v) is 4.45. The van der Waals surface area contributed by atoms with Crippen LogP contribution >= 0.6 is 11.3 Å². The second kappa shape index (κ2) is 8.30. The number of carbonyl (C=O) groups is 1. The van der Waals surface area contributed by atoms with Crippen LogP contribution in [0.25, 0.3) is 0 Å². The van der Waals surface area contributed by atoms with Gasteiger partial charge in [-0.15, -0.1) is 11.3 Å². The van der Waals surface area contributed by atoms with Gasteiger partial charge in [0.1, 0.15) is 0 Å². The molecule has 1 amide bonds. The predicted molar refractivity (Wildman–Crippen MR) is 104 cm³/mol. The molecule has 6 nitrogen and oxygen atoms in total. The summed E-state index contributed by atoms with van der Waals surface area (Å²) in [5, 5.41) is 6.45. The highest BCUT2D eigenvalue weighted by Gasteiger charge is 2.20. The van der Waals surface area contributed by atoms with E-state index in [1.165, 1.54) is 22.5 Å². The lowest BCUT2D eigenvalue weighted by atomic mass is 9.94. The molecule has 0 fully saturated rings. The molecule has 0 spiro atoms. The summed E-state index contributed by atoms with van der Waals surface area (Å²) in [7, 11) is -3.18. The summed E-state index contributed by atoms with van der Waals surface area (Å²) in [6.07, 6.45) is 2.72. The predicted octanol–water partition coefficient (Wildman–Crippen LogP) is 1.46. The molecule has 0 bridgehead atoms. The molecule has 1 atom stereocenters. The van der Waals surface area contributed by atoms with Gasteiger partial charge in [0.05, 0.1) is 11.1 Å². The number of rotatable bonds is 7. The summed E-state index contributed by atoms with van der Waals surface area (Å²) >= 11 is 1.40. The second-order valence-electron chi connectivity index (χ2n) is 6.35. The molecule has 140 valence electrons. The smallest absolute Gasteiger partial charge is 0.261 e. The van der Waals surface area contributed by atoms with Crippen molar-refractivity contribution in [2.45, 2.75) is 18.9 Å². The molecule has 1 aliphatic heterocycles. The van der Waals surface area contributed by atoms with Gasteiger partial charge in [-0.3, -0.25) is 4.79 Å². The lowest BCUT2D eigenvalue weighted by molar-refractivity contribution is 0.0953. The maximum atomic E-state index is 12.4. The van der Waals surface area contributed by atoms with Crippen LogP contribution < -0.4 is 15.4 Å². The fourth-order valence-electron chi connectivity index (χ4n) is 3.05. The van der Waals surface area contributed by atoms with Crippen molar-refractivity contribution in [3.8, 4) is 0 Å². The van der Waals surface area contributed by atoms with Gasteiger partial charge in [-0.2, -0.15) is 0 Å². The van der Waals surface area contributed by atoms with Crippen molar-refractivity contribution in [2.75, 3.05) is 25.9 Å². The highest BCUT2D eigenvalue weighted by molar-refractivity contribution is 7.88. The number of sulfonamides is 1. The zero-order valence-corrected chi connectivity index (χ0v) is 16.3. The topological polar surface area (TPSA) is 87.3 Å². The van der Waals surface area contributed by atoms with Crippen LogP contribution in [-0.4, -0.2) is 40.2 Å². The minimum Gasteiger partial charge on any atom is -0.349 e. The first-order valence-electron chi connectivity index (χ1n) is 8.55. The molecule has 1 unspecified atom stereocenters. The lowest BCUT2D eigenvalue weighted by Gasteiger charge is -2.27. The Bertz CT molecular complexity index is 877. The van der Waals surface area contributed by atoms with E-state index in [2.05, 4.69) is 27.5 Å². The molecule has 0 saturated heterocycles. The van der Waals surface area contributed by atoms with Crippen molar-refractivity contribution in [2.24, 2.45) is 0 Å². The third-order valence-corrected chi connectivity index (χ3v) is 6.18. The van der Waals surface area contributed by atoms with E-state index in [1.807, 2.05) is 18.2 Å². The van der Waals surface area contributed by atoms with Crippen molar-refractivity contribution in [1.29, 1.82) is 0 Å². The summed E-state index contributed by atoms with van der Waals surface area (Å²) in [5.74, 6) is -0.0952. The van der Waals surface area contributed by atoms with Gasteiger partial charge in [-0.05, 0) is 42.6 Å². The summed E-state index contributed by atoms with van der Waals surface area (Å²) in [6.45, 7) is 1.79. The average Bonchev–Trinajstić information content (AvgIpc) is 3.07. The van der Waals surface area contributed by atoms with Crippen LogP contribution in [0.3, 0.4) is 0 Å². The summed E-state index contributed by atoms with van der Waals surface area (Å²) < 4.78 is 24.6. The molecular weight excluding hydrogens is 370 g/mol. The van der Waals surface area contributed by atoms with Gasteiger partial charge in [0.2, 0.25) is 10.0 Å². The van der Waals surface area contributed by atoms with Crippen molar-refractivity contribution in [3.05, 3.63) is 57.3 Å². The molecule has 3 N–H and O–H groups in total. The van der Waals surface area contributed by atoms with E-state index in [1.54, 1.807) is 6.07 Å². The van der Waals surface area contributed by atoms with Crippen LogP contribution in [-0.2, 0) is 22.9 Å². The van der Waals surface area contributed by atoms with Crippen LogP contribution in [0.5, 0.6) is 0 Å². The van der Waals surface area contributed by atoms with E-state index in [0.717, 1.165) is 24.1 Å². The largest absolute Gasteiger partial charge is 0.349 e. The Labute approximate surface area is 158 Å². The number of hydrogen-bond donors (Lipinski definition) is 3. The monoisotopic (exact) mass is 393 g/mol. The Morgan fingerprint density at radius 1 is 1.27 bits per heavy atom. The summed E-state index contributed by atoms with van der Waals surface area (Å²) in [4.78, 5) is 14.0. The van der Waals surface area contributed by atoms with Gasteiger partial charge in [-0.25, -0.2) is 13.1 Å². The SMILES string of the molecule is CS(=O)(=O)NCCc1ccc(C(=O)NCC2NCCc3ccccc32)s1.